The highest BCUT2D eigenvalue weighted by molar-refractivity contribution is 9.10. The van der Waals surface area contributed by atoms with E-state index in [1.54, 1.807) is 25.6 Å². The molecule has 0 unspecified atom stereocenters. The number of fused-ring (bicyclic) bond motifs is 1. The van der Waals surface area contributed by atoms with Crippen LogP contribution in [0.2, 0.25) is 0 Å². The summed E-state index contributed by atoms with van der Waals surface area (Å²) in [7, 11) is 1.63. The number of hydrogen-bond acceptors (Lipinski definition) is 4. The summed E-state index contributed by atoms with van der Waals surface area (Å²) < 4.78 is 12.8. The van der Waals surface area contributed by atoms with Gasteiger partial charge in [-0.25, -0.2) is 4.98 Å². The number of nitrogens with zero attached hydrogens (tertiary/aromatic N) is 2. The van der Waals surface area contributed by atoms with Crippen molar-refractivity contribution in [3.05, 3.63) is 51.7 Å². The molecule has 0 aliphatic rings. The van der Waals surface area contributed by atoms with Crippen molar-refractivity contribution in [3.63, 3.8) is 0 Å². The number of aromatic nitrogens is 2. The molecule has 0 bridgehead atoms. The molecule has 0 saturated carbocycles. The van der Waals surface area contributed by atoms with Gasteiger partial charge in [-0.15, -0.1) is 0 Å². The predicted molar refractivity (Wildman–Crippen MR) is 88.0 cm³/mol. The molecule has 0 saturated heterocycles. The molecule has 2 aromatic heterocycles. The lowest BCUT2D eigenvalue weighted by molar-refractivity contribution is 0.412. The van der Waals surface area contributed by atoms with Crippen LogP contribution >= 0.6 is 31.9 Å². The maximum Gasteiger partial charge on any atom is 0.156 e. The Morgan fingerprint density at radius 3 is 2.62 bits per heavy atom. The van der Waals surface area contributed by atoms with Gasteiger partial charge in [-0.3, -0.25) is 4.98 Å². The minimum atomic E-state index is 0.651. The van der Waals surface area contributed by atoms with Gasteiger partial charge in [0.2, 0.25) is 0 Å². The molecule has 0 radical (unpaired) electrons. The zero-order valence-electron chi connectivity index (χ0n) is 11.0. The van der Waals surface area contributed by atoms with Gasteiger partial charge in [0, 0.05) is 22.9 Å². The van der Waals surface area contributed by atoms with Gasteiger partial charge in [-0.1, -0.05) is 0 Å². The molecule has 0 amide bonds. The number of ether oxygens (including phenoxy) is 2. The van der Waals surface area contributed by atoms with Crippen LogP contribution in [0.1, 0.15) is 0 Å². The van der Waals surface area contributed by atoms with E-state index < -0.39 is 0 Å². The third kappa shape index (κ3) is 3.01. The molecule has 2 heterocycles. The molecular formula is C15H10Br2N2O2. The number of benzene rings is 1. The molecule has 0 spiro atoms. The summed E-state index contributed by atoms with van der Waals surface area (Å²) in [4.78, 5) is 8.66. The zero-order valence-corrected chi connectivity index (χ0v) is 14.2. The van der Waals surface area contributed by atoms with E-state index in [2.05, 4.69) is 41.8 Å². The van der Waals surface area contributed by atoms with E-state index in [0.717, 1.165) is 20.2 Å². The van der Waals surface area contributed by atoms with E-state index in [9.17, 15) is 0 Å². The van der Waals surface area contributed by atoms with E-state index >= 15 is 0 Å². The summed E-state index contributed by atoms with van der Waals surface area (Å²) in [6.45, 7) is 0. The Labute approximate surface area is 138 Å². The minimum absolute atomic E-state index is 0.651. The number of halogens is 2. The van der Waals surface area contributed by atoms with E-state index in [0.29, 0.717) is 17.0 Å². The molecule has 6 heteroatoms. The average molecular weight is 410 g/mol. The standard InChI is InChI=1S/C15H10Br2N2O2/c1-20-10-2-3-13(11(17)7-10)21-14-4-5-18-12-6-9(16)8-19-15(12)14/h2-8H,1H3. The topological polar surface area (TPSA) is 44.2 Å². The molecule has 0 aliphatic heterocycles. The van der Waals surface area contributed by atoms with Crippen LogP contribution in [0, 0.1) is 0 Å². The van der Waals surface area contributed by atoms with Crippen molar-refractivity contribution in [1.29, 1.82) is 0 Å². The molecule has 3 rings (SSSR count). The Bertz CT molecular complexity index is 809. The van der Waals surface area contributed by atoms with Crippen LogP contribution in [0.5, 0.6) is 17.2 Å². The number of hydrogen-bond donors (Lipinski definition) is 0. The second kappa shape index (κ2) is 5.99. The van der Waals surface area contributed by atoms with Crippen molar-refractivity contribution in [2.45, 2.75) is 0 Å². The summed E-state index contributed by atoms with van der Waals surface area (Å²) in [5.41, 5.74) is 1.48. The van der Waals surface area contributed by atoms with Crippen molar-refractivity contribution in [3.8, 4) is 17.2 Å². The summed E-state index contributed by atoms with van der Waals surface area (Å²) in [6, 6.07) is 9.22. The molecule has 3 aromatic rings. The van der Waals surface area contributed by atoms with Crippen molar-refractivity contribution in [1.82, 2.24) is 9.97 Å². The zero-order chi connectivity index (χ0) is 14.8. The normalized spacial score (nSPS) is 10.6. The van der Waals surface area contributed by atoms with Gasteiger partial charge in [0.25, 0.3) is 0 Å². The minimum Gasteiger partial charge on any atom is -0.497 e. The highest BCUT2D eigenvalue weighted by Gasteiger charge is 2.09. The summed E-state index contributed by atoms with van der Waals surface area (Å²) in [6.07, 6.45) is 3.42. The summed E-state index contributed by atoms with van der Waals surface area (Å²) in [5, 5.41) is 0. The lowest BCUT2D eigenvalue weighted by Crippen LogP contribution is -1.91. The van der Waals surface area contributed by atoms with Crippen molar-refractivity contribution in [2.24, 2.45) is 0 Å². The van der Waals surface area contributed by atoms with Gasteiger partial charge in [-0.2, -0.15) is 0 Å². The summed E-state index contributed by atoms with van der Waals surface area (Å²) >= 11 is 6.86. The van der Waals surface area contributed by atoms with E-state index in [-0.39, 0.29) is 0 Å². The van der Waals surface area contributed by atoms with Crippen LogP contribution in [0.4, 0.5) is 0 Å². The average Bonchev–Trinajstić information content (AvgIpc) is 2.49. The molecule has 21 heavy (non-hydrogen) atoms. The smallest absolute Gasteiger partial charge is 0.156 e. The molecule has 106 valence electrons. The quantitative estimate of drug-likeness (QED) is 0.613. The third-order valence-electron chi connectivity index (χ3n) is 2.87. The Kier molecular flexibility index (Phi) is 4.07. The van der Waals surface area contributed by atoms with Gasteiger partial charge in [0.1, 0.15) is 17.0 Å². The predicted octanol–water partition coefficient (Wildman–Crippen LogP) is 4.96. The maximum absolute atomic E-state index is 5.94. The summed E-state index contributed by atoms with van der Waals surface area (Å²) in [5.74, 6) is 2.10. The highest BCUT2D eigenvalue weighted by Crippen LogP contribution is 2.34. The van der Waals surface area contributed by atoms with Gasteiger partial charge >= 0.3 is 0 Å². The fraction of sp³-hybridized carbons (Fsp3) is 0.0667. The Hall–Kier alpha value is -1.66. The Morgan fingerprint density at radius 1 is 1.00 bits per heavy atom. The molecule has 1 aromatic carbocycles. The van der Waals surface area contributed by atoms with Gasteiger partial charge in [0.05, 0.1) is 17.1 Å². The van der Waals surface area contributed by atoms with Gasteiger partial charge in [0.15, 0.2) is 5.75 Å². The van der Waals surface area contributed by atoms with E-state index in [1.165, 1.54) is 0 Å². The van der Waals surface area contributed by atoms with Crippen LogP contribution in [0.15, 0.2) is 51.7 Å². The number of methoxy groups -OCH3 is 1. The second-order valence-electron chi connectivity index (χ2n) is 4.23. The first-order valence-electron chi connectivity index (χ1n) is 6.09. The van der Waals surface area contributed by atoms with Gasteiger partial charge in [-0.05, 0) is 56.1 Å². The lowest BCUT2D eigenvalue weighted by Gasteiger charge is -2.10. The molecule has 0 N–H and O–H groups in total. The van der Waals surface area contributed by atoms with Crippen LogP contribution in [-0.4, -0.2) is 17.1 Å². The van der Waals surface area contributed by atoms with Crippen LogP contribution in [0.25, 0.3) is 11.0 Å². The van der Waals surface area contributed by atoms with Crippen LogP contribution in [-0.2, 0) is 0 Å². The molecule has 0 atom stereocenters. The maximum atomic E-state index is 5.94. The van der Waals surface area contributed by atoms with Crippen LogP contribution in [0.3, 0.4) is 0 Å². The van der Waals surface area contributed by atoms with Crippen molar-refractivity contribution >= 4 is 42.9 Å². The lowest BCUT2D eigenvalue weighted by atomic mass is 10.3. The van der Waals surface area contributed by atoms with Crippen molar-refractivity contribution < 1.29 is 9.47 Å². The largest absolute Gasteiger partial charge is 0.497 e. The SMILES string of the molecule is COc1ccc(Oc2ccnc3cc(Br)cnc23)c(Br)c1. The van der Waals surface area contributed by atoms with Crippen molar-refractivity contribution in [2.75, 3.05) is 7.11 Å². The monoisotopic (exact) mass is 408 g/mol. The Balaban J connectivity index is 2.02. The fourth-order valence-electron chi connectivity index (χ4n) is 1.87. The molecular weight excluding hydrogens is 400 g/mol. The third-order valence-corrected chi connectivity index (χ3v) is 3.92. The second-order valence-corrected chi connectivity index (χ2v) is 6.00. The first-order chi connectivity index (χ1) is 10.2. The first kappa shape index (κ1) is 14.3. The molecule has 0 fully saturated rings. The van der Waals surface area contributed by atoms with Crippen LogP contribution < -0.4 is 9.47 Å². The van der Waals surface area contributed by atoms with E-state index in [1.807, 2.05) is 24.3 Å². The fourth-order valence-corrected chi connectivity index (χ4v) is 2.63. The number of rotatable bonds is 3. The van der Waals surface area contributed by atoms with E-state index in [4.69, 9.17) is 9.47 Å². The Morgan fingerprint density at radius 2 is 1.86 bits per heavy atom. The number of pyridine rings is 2. The molecule has 4 nitrogen and oxygen atoms in total. The highest BCUT2D eigenvalue weighted by atomic mass is 79.9. The van der Waals surface area contributed by atoms with Gasteiger partial charge < -0.3 is 9.47 Å². The molecule has 0 aliphatic carbocycles. The first-order valence-corrected chi connectivity index (χ1v) is 7.67.